The molecule has 3 N–H and O–H groups in total. The number of hydrogen-bond donors (Lipinski definition) is 2. The van der Waals surface area contributed by atoms with Crippen molar-refractivity contribution in [3.05, 3.63) is 28.9 Å². The molecule has 122 valence electrons. The Morgan fingerprint density at radius 1 is 1.35 bits per heavy atom. The Kier molecular flexibility index (Phi) is 4.40. The van der Waals surface area contributed by atoms with E-state index in [0.717, 1.165) is 22.1 Å². The summed E-state index contributed by atoms with van der Waals surface area (Å²) in [5.74, 6) is -0.311. The van der Waals surface area contributed by atoms with Crippen LogP contribution in [0.1, 0.15) is 26.0 Å². The number of nitrogens with two attached hydrogens (primary N) is 1. The third-order valence-corrected chi connectivity index (χ3v) is 4.27. The summed E-state index contributed by atoms with van der Waals surface area (Å²) in [6.45, 7) is 5.45. The largest absolute Gasteiger partial charge is 0.495 e. The average Bonchev–Trinajstić information content (AvgIpc) is 2.86. The fraction of sp³-hybridized carbons (Fsp3) is 0.438. The topological polar surface area (TPSA) is 77.3 Å². The van der Waals surface area contributed by atoms with E-state index in [4.69, 9.17) is 26.6 Å². The number of carbonyl (C=O) groups excluding carboxylic acids is 1. The van der Waals surface area contributed by atoms with E-state index in [1.807, 2.05) is 18.2 Å². The monoisotopic (exact) mass is 334 g/mol. The second-order valence-corrected chi connectivity index (χ2v) is 7.25. The highest BCUT2D eigenvalue weighted by molar-refractivity contribution is 6.65. The van der Waals surface area contributed by atoms with Gasteiger partial charge in [0.15, 0.2) is 0 Å². The molecule has 0 atom stereocenters. The molecule has 0 saturated carbocycles. The lowest BCUT2D eigenvalue weighted by molar-refractivity contribution is -0.118. The van der Waals surface area contributed by atoms with Crippen molar-refractivity contribution >= 4 is 41.0 Å². The van der Waals surface area contributed by atoms with Crippen LogP contribution in [0.4, 0.5) is 0 Å². The molecule has 0 radical (unpaired) electrons. The maximum absolute atomic E-state index is 10.9. The van der Waals surface area contributed by atoms with E-state index in [1.54, 1.807) is 0 Å². The van der Waals surface area contributed by atoms with Gasteiger partial charge in [0, 0.05) is 52.1 Å². The highest BCUT2D eigenvalue weighted by Gasteiger charge is 2.34. The Balaban J connectivity index is 1.84. The summed E-state index contributed by atoms with van der Waals surface area (Å²) in [5, 5.41) is 1.61. The number of hydrogen-bond acceptors (Lipinski definition) is 3. The maximum Gasteiger partial charge on any atom is 0.495 e. The molecule has 1 aromatic carbocycles. The lowest BCUT2D eigenvalue weighted by atomic mass is 9.75. The van der Waals surface area contributed by atoms with E-state index in [-0.39, 0.29) is 11.3 Å². The van der Waals surface area contributed by atoms with Gasteiger partial charge >= 0.3 is 7.12 Å². The summed E-state index contributed by atoms with van der Waals surface area (Å²) in [6, 6.07) is 5.83. The molecule has 23 heavy (non-hydrogen) atoms. The summed E-state index contributed by atoms with van der Waals surface area (Å²) >= 11 is 6.40. The number of rotatable bonds is 4. The van der Waals surface area contributed by atoms with Crippen LogP contribution in [0.15, 0.2) is 18.2 Å². The molecule has 1 fully saturated rings. The van der Waals surface area contributed by atoms with Crippen LogP contribution < -0.4 is 11.2 Å². The molecule has 1 aliphatic heterocycles. The van der Waals surface area contributed by atoms with Crippen molar-refractivity contribution in [2.24, 2.45) is 11.1 Å². The molecule has 5 nitrogen and oxygen atoms in total. The van der Waals surface area contributed by atoms with E-state index in [2.05, 4.69) is 18.8 Å². The van der Waals surface area contributed by atoms with Gasteiger partial charge in [-0.2, -0.15) is 0 Å². The molecule has 0 unspecified atom stereocenters. The Morgan fingerprint density at radius 2 is 2.04 bits per heavy atom. The molecule has 2 heterocycles. The van der Waals surface area contributed by atoms with Gasteiger partial charge in [0.2, 0.25) is 5.91 Å². The Bertz CT molecular complexity index is 734. The van der Waals surface area contributed by atoms with E-state index in [9.17, 15) is 4.79 Å². The number of nitrogens with one attached hydrogen (secondary N) is 1. The molecular weight excluding hydrogens is 314 g/mol. The van der Waals surface area contributed by atoms with Crippen molar-refractivity contribution in [3.63, 3.8) is 0 Å². The third kappa shape index (κ3) is 3.71. The zero-order valence-electron chi connectivity index (χ0n) is 13.3. The minimum Gasteiger partial charge on any atom is -0.407 e. The van der Waals surface area contributed by atoms with Crippen LogP contribution >= 0.6 is 11.6 Å². The van der Waals surface area contributed by atoms with Crippen LogP contribution in [0.2, 0.25) is 5.02 Å². The van der Waals surface area contributed by atoms with Gasteiger partial charge in [-0.05, 0) is 24.6 Å². The highest BCUT2D eigenvalue weighted by atomic mass is 35.5. The summed E-state index contributed by atoms with van der Waals surface area (Å²) < 4.78 is 11.6. The number of carbonyl (C=O) groups is 1. The van der Waals surface area contributed by atoms with Crippen molar-refractivity contribution in [3.8, 4) is 0 Å². The standard InChI is InChI=1S/C16H20BClN2O3/c1-16(2)8-22-17(23-9-16)12-7-14-10(6-13(12)18)5-11(20-14)3-4-15(19)21/h5-7,20H,3-4,8-9H2,1-2H3,(H2,19,21). The Labute approximate surface area is 140 Å². The van der Waals surface area contributed by atoms with Gasteiger partial charge < -0.3 is 20.0 Å². The predicted molar refractivity (Wildman–Crippen MR) is 91.9 cm³/mol. The average molecular weight is 335 g/mol. The van der Waals surface area contributed by atoms with Crippen LogP contribution in [0.3, 0.4) is 0 Å². The number of amides is 1. The molecule has 2 aromatic rings. The van der Waals surface area contributed by atoms with Crippen molar-refractivity contribution < 1.29 is 14.1 Å². The van der Waals surface area contributed by atoms with Crippen LogP contribution in [0, 0.1) is 5.41 Å². The Morgan fingerprint density at radius 3 is 2.70 bits per heavy atom. The minimum atomic E-state index is -0.447. The first-order chi connectivity index (χ1) is 10.8. The number of aryl methyl sites for hydroxylation is 1. The number of fused-ring (bicyclic) bond motifs is 1. The van der Waals surface area contributed by atoms with E-state index in [0.29, 0.717) is 31.1 Å². The smallest absolute Gasteiger partial charge is 0.407 e. The molecule has 1 saturated heterocycles. The minimum absolute atomic E-state index is 0.0153. The summed E-state index contributed by atoms with van der Waals surface area (Å²) in [4.78, 5) is 14.2. The zero-order chi connectivity index (χ0) is 16.6. The quantitative estimate of drug-likeness (QED) is 0.840. The molecule has 0 bridgehead atoms. The van der Waals surface area contributed by atoms with Gasteiger partial charge in [-0.1, -0.05) is 25.4 Å². The molecule has 3 rings (SSSR count). The SMILES string of the molecule is CC1(C)COB(c2cc3[nH]c(CCC(N)=O)cc3cc2Cl)OC1. The predicted octanol–water partition coefficient (Wildman–Crippen LogP) is 2.01. The fourth-order valence-corrected chi connectivity index (χ4v) is 2.94. The molecule has 1 amide bonds. The molecule has 0 spiro atoms. The van der Waals surface area contributed by atoms with Crippen LogP contribution in [0.5, 0.6) is 0 Å². The van der Waals surface area contributed by atoms with Gasteiger partial charge in [0.25, 0.3) is 0 Å². The van der Waals surface area contributed by atoms with Gasteiger partial charge in [-0.15, -0.1) is 0 Å². The highest BCUT2D eigenvalue weighted by Crippen LogP contribution is 2.25. The van der Waals surface area contributed by atoms with Gasteiger partial charge in [-0.25, -0.2) is 0 Å². The number of primary amides is 1. The van der Waals surface area contributed by atoms with Gasteiger partial charge in [-0.3, -0.25) is 4.79 Å². The molecule has 7 heteroatoms. The van der Waals surface area contributed by atoms with Gasteiger partial charge in [0.05, 0.1) is 0 Å². The van der Waals surface area contributed by atoms with Crippen LogP contribution in [-0.4, -0.2) is 31.2 Å². The first kappa shape index (κ1) is 16.4. The molecular formula is C16H20BClN2O3. The summed E-state index contributed by atoms with van der Waals surface area (Å²) in [7, 11) is -0.447. The lowest BCUT2D eigenvalue weighted by Gasteiger charge is -2.33. The first-order valence-corrected chi connectivity index (χ1v) is 8.04. The summed E-state index contributed by atoms with van der Waals surface area (Å²) in [5.41, 5.74) is 7.93. The van der Waals surface area contributed by atoms with Crippen LogP contribution in [0.25, 0.3) is 10.9 Å². The number of benzene rings is 1. The number of halogens is 1. The Hall–Kier alpha value is -1.50. The molecule has 1 aromatic heterocycles. The van der Waals surface area contributed by atoms with Crippen molar-refractivity contribution in [2.75, 3.05) is 13.2 Å². The van der Waals surface area contributed by atoms with Crippen LogP contribution in [-0.2, 0) is 20.5 Å². The molecule has 1 aliphatic rings. The lowest BCUT2D eigenvalue weighted by Crippen LogP contribution is -2.47. The second kappa shape index (κ2) is 6.19. The van der Waals surface area contributed by atoms with Crippen molar-refractivity contribution in [2.45, 2.75) is 26.7 Å². The third-order valence-electron chi connectivity index (χ3n) is 3.94. The molecule has 0 aliphatic carbocycles. The van der Waals surface area contributed by atoms with Crippen molar-refractivity contribution in [1.82, 2.24) is 4.98 Å². The fourth-order valence-electron chi connectivity index (χ4n) is 2.67. The second-order valence-electron chi connectivity index (χ2n) is 6.84. The van der Waals surface area contributed by atoms with E-state index < -0.39 is 7.12 Å². The van der Waals surface area contributed by atoms with Gasteiger partial charge in [0.1, 0.15) is 0 Å². The van der Waals surface area contributed by atoms with E-state index in [1.165, 1.54) is 0 Å². The summed E-state index contributed by atoms with van der Waals surface area (Å²) in [6.07, 6.45) is 0.902. The zero-order valence-corrected chi connectivity index (χ0v) is 14.1. The number of aromatic amines is 1. The maximum atomic E-state index is 10.9. The normalized spacial score (nSPS) is 17.6. The number of H-pyrrole nitrogens is 1. The van der Waals surface area contributed by atoms with Crippen molar-refractivity contribution in [1.29, 1.82) is 0 Å². The van der Waals surface area contributed by atoms with E-state index >= 15 is 0 Å². The number of aromatic nitrogens is 1. The first-order valence-electron chi connectivity index (χ1n) is 7.67.